The van der Waals surface area contributed by atoms with Crippen molar-refractivity contribution in [3.63, 3.8) is 0 Å². The molecule has 0 radical (unpaired) electrons. The quantitative estimate of drug-likeness (QED) is 0.745. The summed E-state index contributed by atoms with van der Waals surface area (Å²) < 4.78 is 6.28. The average molecular weight is 370 g/mol. The molecule has 0 spiro atoms. The molecule has 0 saturated carbocycles. The maximum absolute atomic E-state index is 12.2. The van der Waals surface area contributed by atoms with Crippen molar-refractivity contribution in [2.24, 2.45) is 0 Å². The second-order valence-corrected chi connectivity index (χ2v) is 7.46. The fourth-order valence-electron chi connectivity index (χ4n) is 2.54. The Morgan fingerprint density at radius 1 is 1.45 bits per heavy atom. The van der Waals surface area contributed by atoms with Gasteiger partial charge in [0.2, 0.25) is 0 Å². The van der Waals surface area contributed by atoms with Gasteiger partial charge >= 0.3 is 6.09 Å². The van der Waals surface area contributed by atoms with Crippen molar-refractivity contribution < 1.29 is 9.53 Å². The van der Waals surface area contributed by atoms with Gasteiger partial charge in [-0.2, -0.15) is 0 Å². The molecule has 1 saturated heterocycles. The molecule has 22 heavy (non-hydrogen) atoms. The number of piperidine rings is 1. The van der Waals surface area contributed by atoms with E-state index in [0.29, 0.717) is 0 Å². The molecule has 2 rings (SSSR count). The summed E-state index contributed by atoms with van der Waals surface area (Å²) in [5.41, 5.74) is -0.467. The molecule has 0 aliphatic carbocycles. The van der Waals surface area contributed by atoms with Gasteiger partial charge in [-0.05, 0) is 61.7 Å². The van der Waals surface area contributed by atoms with E-state index < -0.39 is 5.60 Å². The average Bonchev–Trinajstić information content (AvgIpc) is 2.45. The van der Waals surface area contributed by atoms with Gasteiger partial charge < -0.3 is 14.5 Å². The lowest BCUT2D eigenvalue weighted by atomic mass is 10.0. The number of carbonyl (C=O) groups excluding carboxylic acids is 1. The molecule has 2 heterocycles. The highest BCUT2D eigenvalue weighted by atomic mass is 79.9. The van der Waals surface area contributed by atoms with Crippen molar-refractivity contribution in [3.05, 3.63) is 22.8 Å². The molecular formula is C16H24BrN3O2. The molecule has 1 aromatic rings. The first-order valence-corrected chi connectivity index (χ1v) is 8.39. The van der Waals surface area contributed by atoms with E-state index in [9.17, 15) is 4.79 Å². The molecule has 1 aliphatic heterocycles. The molecule has 1 atom stereocenters. The number of ether oxygens (including phenoxy) is 1. The number of nitrogens with zero attached hydrogens (tertiary/aromatic N) is 3. The Bertz CT molecular complexity index is 530. The summed E-state index contributed by atoms with van der Waals surface area (Å²) in [4.78, 5) is 20.7. The maximum Gasteiger partial charge on any atom is 0.410 e. The van der Waals surface area contributed by atoms with Gasteiger partial charge in [-0.3, -0.25) is 0 Å². The Labute approximate surface area is 140 Å². The number of aromatic nitrogens is 1. The molecule has 1 fully saturated rings. The number of pyridine rings is 1. The molecule has 5 nitrogen and oxygen atoms in total. The molecule has 0 N–H and O–H groups in total. The van der Waals surface area contributed by atoms with Crippen LogP contribution in [0.2, 0.25) is 0 Å². The lowest BCUT2D eigenvalue weighted by Crippen LogP contribution is -2.50. The van der Waals surface area contributed by atoms with Gasteiger partial charge in [0.25, 0.3) is 0 Å². The third kappa shape index (κ3) is 4.60. The van der Waals surface area contributed by atoms with E-state index in [4.69, 9.17) is 4.74 Å². The van der Waals surface area contributed by atoms with Gasteiger partial charge in [0, 0.05) is 20.1 Å². The standard InChI is InChI=1S/C16H24BrN3O2/c1-16(2,3)22-15(21)19(4)12-7-6-10-20(11-12)14-9-5-8-13(17)18-14/h5,8-9,12H,6-7,10-11H2,1-4H3/t12-/m0/s1. The first-order chi connectivity index (χ1) is 10.3. The fourth-order valence-corrected chi connectivity index (χ4v) is 2.87. The summed E-state index contributed by atoms with van der Waals surface area (Å²) in [7, 11) is 1.82. The largest absolute Gasteiger partial charge is 0.444 e. The SMILES string of the molecule is CN(C(=O)OC(C)(C)C)[C@H]1CCCN(c2cccc(Br)n2)C1. The number of amides is 1. The Morgan fingerprint density at radius 3 is 2.82 bits per heavy atom. The zero-order valence-electron chi connectivity index (χ0n) is 13.7. The number of hydrogen-bond acceptors (Lipinski definition) is 4. The highest BCUT2D eigenvalue weighted by molar-refractivity contribution is 9.10. The van der Waals surface area contributed by atoms with Gasteiger partial charge in [0.15, 0.2) is 0 Å². The van der Waals surface area contributed by atoms with Crippen molar-refractivity contribution in [2.75, 3.05) is 25.0 Å². The van der Waals surface area contributed by atoms with Crippen LogP contribution in [-0.4, -0.2) is 47.8 Å². The fraction of sp³-hybridized carbons (Fsp3) is 0.625. The Morgan fingerprint density at radius 2 is 2.18 bits per heavy atom. The van der Waals surface area contributed by atoms with E-state index in [0.717, 1.165) is 36.4 Å². The van der Waals surface area contributed by atoms with Gasteiger partial charge in [0.05, 0.1) is 6.04 Å². The van der Waals surface area contributed by atoms with Gasteiger partial charge in [0.1, 0.15) is 16.0 Å². The Kier molecular flexibility index (Phi) is 5.32. The van der Waals surface area contributed by atoms with E-state index in [1.165, 1.54) is 0 Å². The van der Waals surface area contributed by atoms with Crippen molar-refractivity contribution in [1.29, 1.82) is 0 Å². The monoisotopic (exact) mass is 369 g/mol. The van der Waals surface area contributed by atoms with Crippen LogP contribution in [0.25, 0.3) is 0 Å². The maximum atomic E-state index is 12.2. The van der Waals surface area contributed by atoms with Crippen LogP contribution in [0.3, 0.4) is 0 Å². The molecule has 0 unspecified atom stereocenters. The number of carbonyl (C=O) groups is 1. The van der Waals surface area contributed by atoms with E-state index in [1.807, 2.05) is 46.0 Å². The molecule has 1 amide bonds. The summed E-state index contributed by atoms with van der Waals surface area (Å²) in [6.45, 7) is 7.40. The third-order valence-electron chi connectivity index (χ3n) is 3.65. The number of hydrogen-bond donors (Lipinski definition) is 0. The molecule has 0 aromatic carbocycles. The highest BCUT2D eigenvalue weighted by Crippen LogP contribution is 2.23. The minimum Gasteiger partial charge on any atom is -0.444 e. The second-order valence-electron chi connectivity index (χ2n) is 6.65. The van der Waals surface area contributed by atoms with Crippen LogP contribution in [0.5, 0.6) is 0 Å². The number of anilines is 1. The van der Waals surface area contributed by atoms with Crippen LogP contribution < -0.4 is 4.90 Å². The molecule has 0 bridgehead atoms. The summed E-state index contributed by atoms with van der Waals surface area (Å²) in [5.74, 6) is 0.941. The van der Waals surface area contributed by atoms with Crippen LogP contribution in [0.1, 0.15) is 33.6 Å². The predicted molar refractivity (Wildman–Crippen MR) is 91.2 cm³/mol. The van der Waals surface area contributed by atoms with Crippen LogP contribution in [-0.2, 0) is 4.74 Å². The van der Waals surface area contributed by atoms with E-state index in [1.54, 1.807) is 4.90 Å². The third-order valence-corrected chi connectivity index (χ3v) is 4.09. The number of rotatable bonds is 2. The summed E-state index contributed by atoms with van der Waals surface area (Å²) in [6.07, 6.45) is 1.76. The van der Waals surface area contributed by atoms with Gasteiger partial charge in [-0.1, -0.05) is 6.07 Å². The lowest BCUT2D eigenvalue weighted by molar-refractivity contribution is 0.0209. The molecule has 6 heteroatoms. The van der Waals surface area contributed by atoms with Crippen LogP contribution >= 0.6 is 15.9 Å². The van der Waals surface area contributed by atoms with Crippen molar-refractivity contribution in [3.8, 4) is 0 Å². The molecule has 122 valence electrons. The zero-order valence-corrected chi connectivity index (χ0v) is 15.3. The smallest absolute Gasteiger partial charge is 0.410 e. The molecule has 1 aliphatic rings. The van der Waals surface area contributed by atoms with Gasteiger partial charge in [-0.15, -0.1) is 0 Å². The Hall–Kier alpha value is -1.30. The van der Waals surface area contributed by atoms with Crippen LogP contribution in [0.15, 0.2) is 22.8 Å². The molecular weight excluding hydrogens is 346 g/mol. The lowest BCUT2D eigenvalue weighted by Gasteiger charge is -2.38. The van der Waals surface area contributed by atoms with E-state index >= 15 is 0 Å². The van der Waals surface area contributed by atoms with E-state index in [2.05, 4.69) is 25.8 Å². The van der Waals surface area contributed by atoms with Crippen molar-refractivity contribution in [2.45, 2.75) is 45.3 Å². The van der Waals surface area contributed by atoms with E-state index in [-0.39, 0.29) is 12.1 Å². The normalized spacial score (nSPS) is 19.0. The minimum absolute atomic E-state index is 0.143. The highest BCUT2D eigenvalue weighted by Gasteiger charge is 2.29. The topological polar surface area (TPSA) is 45.7 Å². The second kappa shape index (κ2) is 6.86. The number of halogens is 1. The minimum atomic E-state index is -0.467. The van der Waals surface area contributed by atoms with Gasteiger partial charge in [-0.25, -0.2) is 9.78 Å². The first-order valence-electron chi connectivity index (χ1n) is 7.59. The van der Waals surface area contributed by atoms with Crippen molar-refractivity contribution in [1.82, 2.24) is 9.88 Å². The predicted octanol–water partition coefficient (Wildman–Crippen LogP) is 3.68. The summed E-state index contributed by atoms with van der Waals surface area (Å²) >= 11 is 3.41. The first kappa shape index (κ1) is 17.1. The zero-order chi connectivity index (χ0) is 16.3. The number of likely N-dealkylation sites (N-methyl/N-ethyl adjacent to an activating group) is 1. The van der Waals surface area contributed by atoms with Crippen LogP contribution in [0.4, 0.5) is 10.6 Å². The summed E-state index contributed by atoms with van der Waals surface area (Å²) in [6, 6.07) is 6.04. The van der Waals surface area contributed by atoms with Crippen LogP contribution in [0, 0.1) is 0 Å². The molecule has 1 aromatic heterocycles. The van der Waals surface area contributed by atoms with Crippen molar-refractivity contribution >= 4 is 27.8 Å². The Balaban J connectivity index is 2.02. The summed E-state index contributed by atoms with van der Waals surface area (Å²) in [5, 5.41) is 0.